The first-order valence-corrected chi connectivity index (χ1v) is 16.0. The molecule has 3 heteroatoms. The average Bonchev–Trinajstić information content (AvgIpc) is 2.87. The minimum Gasteiger partial charge on any atom is -0.396 e. The SMILES string of the molecule is CCCCCCCCCCCCCCCCCCCCCCCCC=CN(CCCO)CCCO. The van der Waals surface area contributed by atoms with E-state index >= 15 is 0 Å². The maximum Gasteiger partial charge on any atom is 0.0447 e. The second-order valence-corrected chi connectivity index (χ2v) is 10.8. The average molecular weight is 496 g/mol. The number of allylic oxidation sites excluding steroid dienone is 1. The van der Waals surface area contributed by atoms with Gasteiger partial charge in [-0.1, -0.05) is 148 Å². The molecule has 0 atom stereocenters. The molecule has 2 N–H and O–H groups in total. The van der Waals surface area contributed by atoms with Crippen LogP contribution in [0.5, 0.6) is 0 Å². The molecule has 0 bridgehead atoms. The molecule has 0 amide bonds. The van der Waals surface area contributed by atoms with Crippen molar-refractivity contribution in [2.75, 3.05) is 26.3 Å². The Bertz CT molecular complexity index is 391. The third-order valence-electron chi connectivity index (χ3n) is 7.25. The summed E-state index contributed by atoms with van der Waals surface area (Å²) in [5.74, 6) is 0. The Morgan fingerprint density at radius 3 is 1.06 bits per heavy atom. The maximum atomic E-state index is 9.00. The first-order valence-electron chi connectivity index (χ1n) is 16.0. The van der Waals surface area contributed by atoms with Crippen molar-refractivity contribution >= 4 is 0 Å². The Kier molecular flexibility index (Phi) is 31.0. The predicted octanol–water partition coefficient (Wildman–Crippen LogP) is 9.56. The number of hydrogen-bond acceptors (Lipinski definition) is 3. The minimum absolute atomic E-state index is 0.239. The van der Waals surface area contributed by atoms with Crippen molar-refractivity contribution in [1.29, 1.82) is 0 Å². The molecule has 0 unspecified atom stereocenters. The number of rotatable bonds is 30. The molecule has 0 saturated carbocycles. The van der Waals surface area contributed by atoms with Gasteiger partial charge in [0.05, 0.1) is 0 Å². The molecular weight excluding hydrogens is 430 g/mol. The fraction of sp³-hybridized carbons (Fsp3) is 0.938. The van der Waals surface area contributed by atoms with E-state index in [1.54, 1.807) is 0 Å². The van der Waals surface area contributed by atoms with Crippen LogP contribution in [-0.4, -0.2) is 41.4 Å². The molecule has 0 aliphatic carbocycles. The Labute approximate surface area is 221 Å². The van der Waals surface area contributed by atoms with Crippen LogP contribution in [0.15, 0.2) is 12.3 Å². The van der Waals surface area contributed by atoms with E-state index in [1.165, 1.54) is 141 Å². The standard InChI is InChI=1S/C32H65NO2/c1-2-3-4-5-6-7-8-9-10-11-12-13-14-15-16-17-18-19-20-21-22-23-24-25-28-33(29-26-31-34)30-27-32-35/h25,28,34-35H,2-24,26-27,29-32H2,1H3. The maximum absolute atomic E-state index is 9.00. The Balaban J connectivity index is 3.24. The van der Waals surface area contributed by atoms with Gasteiger partial charge in [0.2, 0.25) is 0 Å². The van der Waals surface area contributed by atoms with Crippen LogP contribution in [0.2, 0.25) is 0 Å². The molecule has 0 radical (unpaired) electrons. The molecule has 210 valence electrons. The van der Waals surface area contributed by atoms with Crippen LogP contribution in [0.1, 0.15) is 167 Å². The van der Waals surface area contributed by atoms with Crippen molar-refractivity contribution in [2.45, 2.75) is 167 Å². The third-order valence-corrected chi connectivity index (χ3v) is 7.25. The van der Waals surface area contributed by atoms with E-state index in [0.29, 0.717) is 0 Å². The van der Waals surface area contributed by atoms with Crippen molar-refractivity contribution in [2.24, 2.45) is 0 Å². The van der Waals surface area contributed by atoms with Crippen LogP contribution >= 0.6 is 0 Å². The van der Waals surface area contributed by atoms with Gasteiger partial charge < -0.3 is 15.1 Å². The second-order valence-electron chi connectivity index (χ2n) is 10.8. The highest BCUT2D eigenvalue weighted by Crippen LogP contribution is 2.15. The molecule has 0 aliphatic rings. The van der Waals surface area contributed by atoms with Gasteiger partial charge in [-0.05, 0) is 31.9 Å². The van der Waals surface area contributed by atoms with E-state index in [1.807, 2.05) is 0 Å². The lowest BCUT2D eigenvalue weighted by molar-refractivity contribution is 0.236. The molecule has 0 aromatic carbocycles. The van der Waals surface area contributed by atoms with Crippen LogP contribution in [0, 0.1) is 0 Å². The number of unbranched alkanes of at least 4 members (excludes halogenated alkanes) is 22. The zero-order chi connectivity index (χ0) is 25.5. The highest BCUT2D eigenvalue weighted by Gasteiger charge is 1.98. The number of nitrogens with zero attached hydrogens (tertiary/aromatic N) is 1. The van der Waals surface area contributed by atoms with Crippen LogP contribution in [0.3, 0.4) is 0 Å². The second kappa shape index (κ2) is 31.5. The van der Waals surface area contributed by atoms with Crippen molar-refractivity contribution in [3.8, 4) is 0 Å². The van der Waals surface area contributed by atoms with Gasteiger partial charge in [0.15, 0.2) is 0 Å². The zero-order valence-corrected chi connectivity index (χ0v) is 24.0. The molecule has 0 aromatic rings. The molecule has 0 aliphatic heterocycles. The molecule has 0 fully saturated rings. The summed E-state index contributed by atoms with van der Waals surface area (Å²) in [5, 5.41) is 18.0. The minimum atomic E-state index is 0.239. The van der Waals surface area contributed by atoms with Gasteiger partial charge in [-0.2, -0.15) is 0 Å². The van der Waals surface area contributed by atoms with Crippen LogP contribution in [0.4, 0.5) is 0 Å². The molecule has 0 rings (SSSR count). The smallest absolute Gasteiger partial charge is 0.0447 e. The Morgan fingerprint density at radius 2 is 0.743 bits per heavy atom. The summed E-state index contributed by atoms with van der Waals surface area (Å²) in [6.45, 7) is 4.54. The summed E-state index contributed by atoms with van der Waals surface area (Å²) < 4.78 is 0. The third kappa shape index (κ3) is 29.6. The van der Waals surface area contributed by atoms with Crippen LogP contribution in [-0.2, 0) is 0 Å². The van der Waals surface area contributed by atoms with E-state index in [2.05, 4.69) is 24.1 Å². The topological polar surface area (TPSA) is 43.7 Å². The predicted molar refractivity (Wildman–Crippen MR) is 156 cm³/mol. The lowest BCUT2D eigenvalue weighted by atomic mass is 10.0. The van der Waals surface area contributed by atoms with Crippen molar-refractivity contribution in [1.82, 2.24) is 4.90 Å². The zero-order valence-electron chi connectivity index (χ0n) is 24.0. The first-order chi connectivity index (χ1) is 17.3. The first kappa shape index (κ1) is 34.5. The van der Waals surface area contributed by atoms with Crippen LogP contribution < -0.4 is 0 Å². The van der Waals surface area contributed by atoms with Crippen LogP contribution in [0.25, 0.3) is 0 Å². The molecule has 0 saturated heterocycles. The summed E-state index contributed by atoms with van der Waals surface area (Å²) in [4.78, 5) is 2.23. The van der Waals surface area contributed by atoms with Gasteiger partial charge in [-0.25, -0.2) is 0 Å². The van der Waals surface area contributed by atoms with E-state index < -0.39 is 0 Å². The van der Waals surface area contributed by atoms with E-state index in [9.17, 15) is 0 Å². The lowest BCUT2D eigenvalue weighted by Crippen LogP contribution is -2.21. The number of aliphatic hydroxyl groups excluding tert-OH is 2. The fourth-order valence-electron chi connectivity index (χ4n) is 4.90. The van der Waals surface area contributed by atoms with E-state index in [0.717, 1.165) is 32.4 Å². The Hall–Kier alpha value is -0.540. The summed E-state index contributed by atoms with van der Waals surface area (Å²) in [5.41, 5.74) is 0. The number of aliphatic hydroxyl groups is 2. The fourth-order valence-corrected chi connectivity index (χ4v) is 4.90. The monoisotopic (exact) mass is 496 g/mol. The highest BCUT2D eigenvalue weighted by molar-refractivity contribution is 4.82. The normalized spacial score (nSPS) is 11.6. The summed E-state index contributed by atoms with van der Waals surface area (Å²) in [7, 11) is 0. The highest BCUT2D eigenvalue weighted by atomic mass is 16.3. The van der Waals surface area contributed by atoms with Crippen molar-refractivity contribution in [3.63, 3.8) is 0 Å². The van der Waals surface area contributed by atoms with E-state index in [4.69, 9.17) is 10.2 Å². The summed E-state index contributed by atoms with van der Waals surface area (Å²) in [6.07, 6.45) is 38.7. The molecular formula is C32H65NO2. The van der Waals surface area contributed by atoms with Crippen molar-refractivity contribution < 1.29 is 10.2 Å². The van der Waals surface area contributed by atoms with Gasteiger partial charge in [-0.3, -0.25) is 0 Å². The Morgan fingerprint density at radius 1 is 0.429 bits per heavy atom. The molecule has 35 heavy (non-hydrogen) atoms. The quantitative estimate of drug-likeness (QED) is 0.0975. The molecule has 0 aromatic heterocycles. The van der Waals surface area contributed by atoms with Gasteiger partial charge in [0.1, 0.15) is 0 Å². The van der Waals surface area contributed by atoms with E-state index in [-0.39, 0.29) is 13.2 Å². The van der Waals surface area contributed by atoms with Crippen molar-refractivity contribution in [3.05, 3.63) is 12.3 Å². The lowest BCUT2D eigenvalue weighted by Gasteiger charge is -2.19. The van der Waals surface area contributed by atoms with Gasteiger partial charge in [0.25, 0.3) is 0 Å². The molecule has 0 spiro atoms. The van der Waals surface area contributed by atoms with Gasteiger partial charge >= 0.3 is 0 Å². The van der Waals surface area contributed by atoms with Gasteiger partial charge in [0, 0.05) is 26.3 Å². The number of hydrogen-bond donors (Lipinski definition) is 2. The molecule has 0 heterocycles. The molecule has 3 nitrogen and oxygen atoms in total. The summed E-state index contributed by atoms with van der Waals surface area (Å²) in [6, 6.07) is 0. The van der Waals surface area contributed by atoms with Gasteiger partial charge in [-0.15, -0.1) is 0 Å². The summed E-state index contributed by atoms with van der Waals surface area (Å²) >= 11 is 0. The largest absolute Gasteiger partial charge is 0.396 e.